The monoisotopic (exact) mass is 243 g/mol. The Hall–Kier alpha value is -1.91. The molecule has 1 fully saturated rings. The van der Waals surface area contributed by atoms with Crippen molar-refractivity contribution >= 4 is 5.82 Å². The highest BCUT2D eigenvalue weighted by Crippen LogP contribution is 2.33. The van der Waals surface area contributed by atoms with E-state index in [1.807, 2.05) is 19.1 Å². The lowest BCUT2D eigenvalue weighted by Gasteiger charge is -2.15. The Kier molecular flexibility index (Phi) is 2.74. The summed E-state index contributed by atoms with van der Waals surface area (Å²) in [5.74, 6) is 2.32. The summed E-state index contributed by atoms with van der Waals surface area (Å²) in [7, 11) is 0. The van der Waals surface area contributed by atoms with Crippen LogP contribution in [0.4, 0.5) is 5.82 Å². The van der Waals surface area contributed by atoms with E-state index >= 15 is 0 Å². The molecule has 0 amide bonds. The van der Waals surface area contributed by atoms with E-state index in [4.69, 9.17) is 5.73 Å². The number of rotatable bonds is 2. The fraction of sp³-hybridized carbons (Fsp3) is 0.462. The van der Waals surface area contributed by atoms with Crippen LogP contribution < -0.4 is 5.73 Å². The van der Waals surface area contributed by atoms with E-state index in [9.17, 15) is 0 Å². The number of hydrogen-bond acceptors (Lipinski definition) is 4. The molecule has 94 valence electrons. The number of pyridine rings is 1. The Morgan fingerprint density at radius 1 is 1.22 bits per heavy atom. The summed E-state index contributed by atoms with van der Waals surface area (Å²) in [6.45, 7) is 2.00. The number of nitrogens with zero attached hydrogens (tertiary/aromatic N) is 4. The molecule has 0 unspecified atom stereocenters. The topological polar surface area (TPSA) is 69.6 Å². The lowest BCUT2D eigenvalue weighted by molar-refractivity contribution is 0.510. The predicted molar refractivity (Wildman–Crippen MR) is 69.9 cm³/mol. The molecule has 2 aromatic heterocycles. The zero-order valence-corrected chi connectivity index (χ0v) is 10.5. The van der Waals surface area contributed by atoms with Gasteiger partial charge in [0.25, 0.3) is 0 Å². The van der Waals surface area contributed by atoms with Crippen molar-refractivity contribution in [1.29, 1.82) is 0 Å². The number of anilines is 1. The van der Waals surface area contributed by atoms with Crippen molar-refractivity contribution in [2.45, 2.75) is 38.6 Å². The third-order valence-electron chi connectivity index (χ3n) is 3.56. The first-order valence-electron chi connectivity index (χ1n) is 6.40. The molecule has 18 heavy (non-hydrogen) atoms. The fourth-order valence-electron chi connectivity index (χ4n) is 2.72. The Morgan fingerprint density at radius 3 is 2.72 bits per heavy atom. The molecule has 0 spiro atoms. The van der Waals surface area contributed by atoms with E-state index < -0.39 is 0 Å². The van der Waals surface area contributed by atoms with Gasteiger partial charge in [-0.05, 0) is 31.9 Å². The Morgan fingerprint density at radius 2 is 2.00 bits per heavy atom. The molecule has 3 rings (SSSR count). The van der Waals surface area contributed by atoms with Gasteiger partial charge in [-0.25, -0.2) is 4.98 Å². The van der Waals surface area contributed by atoms with Crippen molar-refractivity contribution in [2.75, 3.05) is 5.73 Å². The molecule has 0 aromatic carbocycles. The van der Waals surface area contributed by atoms with E-state index in [1.54, 1.807) is 6.07 Å². The van der Waals surface area contributed by atoms with E-state index in [-0.39, 0.29) is 0 Å². The quantitative estimate of drug-likeness (QED) is 0.879. The van der Waals surface area contributed by atoms with Crippen molar-refractivity contribution in [3.05, 3.63) is 24.0 Å². The van der Waals surface area contributed by atoms with Gasteiger partial charge in [0.05, 0.1) is 0 Å². The van der Waals surface area contributed by atoms with E-state index in [0.717, 1.165) is 17.3 Å². The average molecular weight is 243 g/mol. The Bertz CT molecular complexity index is 554. The minimum Gasteiger partial charge on any atom is -0.384 e. The lowest BCUT2D eigenvalue weighted by atomic mass is 10.2. The maximum Gasteiger partial charge on any atom is 0.182 e. The SMILES string of the molecule is Cc1nnc(-c2cccc(N)n2)n1C1CCCC1. The molecule has 0 aliphatic heterocycles. The predicted octanol–water partition coefficient (Wildman–Crippen LogP) is 2.35. The fourth-order valence-corrected chi connectivity index (χ4v) is 2.72. The van der Waals surface area contributed by atoms with Crippen LogP contribution in [0.25, 0.3) is 11.5 Å². The van der Waals surface area contributed by atoms with Crippen LogP contribution in [0.15, 0.2) is 18.2 Å². The first-order valence-corrected chi connectivity index (χ1v) is 6.40. The molecule has 1 saturated carbocycles. The van der Waals surface area contributed by atoms with Gasteiger partial charge < -0.3 is 10.3 Å². The van der Waals surface area contributed by atoms with Crippen LogP contribution in [-0.4, -0.2) is 19.7 Å². The van der Waals surface area contributed by atoms with Gasteiger partial charge in [-0.15, -0.1) is 10.2 Å². The summed E-state index contributed by atoms with van der Waals surface area (Å²) in [5, 5.41) is 8.47. The number of aromatic nitrogens is 4. The number of hydrogen-bond donors (Lipinski definition) is 1. The maximum absolute atomic E-state index is 5.74. The van der Waals surface area contributed by atoms with Crippen molar-refractivity contribution < 1.29 is 0 Å². The highest BCUT2D eigenvalue weighted by Gasteiger charge is 2.23. The van der Waals surface area contributed by atoms with Crippen LogP contribution in [0.5, 0.6) is 0 Å². The first kappa shape index (κ1) is 11.2. The van der Waals surface area contributed by atoms with Crippen LogP contribution in [0, 0.1) is 6.92 Å². The second-order valence-corrected chi connectivity index (χ2v) is 4.83. The van der Waals surface area contributed by atoms with Gasteiger partial charge in [-0.3, -0.25) is 0 Å². The second-order valence-electron chi connectivity index (χ2n) is 4.83. The number of aryl methyl sites for hydroxylation is 1. The average Bonchev–Trinajstić information content (AvgIpc) is 2.97. The molecule has 0 atom stereocenters. The summed E-state index contributed by atoms with van der Waals surface area (Å²) >= 11 is 0. The summed E-state index contributed by atoms with van der Waals surface area (Å²) in [6, 6.07) is 6.14. The molecule has 0 radical (unpaired) electrons. The first-order chi connectivity index (χ1) is 8.75. The largest absolute Gasteiger partial charge is 0.384 e. The molecule has 0 saturated heterocycles. The summed E-state index contributed by atoms with van der Waals surface area (Å²) < 4.78 is 2.22. The van der Waals surface area contributed by atoms with Gasteiger partial charge >= 0.3 is 0 Å². The van der Waals surface area contributed by atoms with Crippen molar-refractivity contribution in [2.24, 2.45) is 0 Å². The van der Waals surface area contributed by atoms with Gasteiger partial charge in [0.15, 0.2) is 5.82 Å². The van der Waals surface area contributed by atoms with Crippen LogP contribution in [0.1, 0.15) is 37.5 Å². The molecule has 5 heteroatoms. The van der Waals surface area contributed by atoms with Crippen LogP contribution in [-0.2, 0) is 0 Å². The van der Waals surface area contributed by atoms with E-state index in [1.165, 1.54) is 25.7 Å². The van der Waals surface area contributed by atoms with Crippen molar-refractivity contribution in [3.63, 3.8) is 0 Å². The molecule has 2 heterocycles. The zero-order valence-electron chi connectivity index (χ0n) is 10.5. The van der Waals surface area contributed by atoms with Gasteiger partial charge in [-0.2, -0.15) is 0 Å². The molecular weight excluding hydrogens is 226 g/mol. The lowest BCUT2D eigenvalue weighted by Crippen LogP contribution is -2.09. The van der Waals surface area contributed by atoms with Gasteiger partial charge in [0, 0.05) is 6.04 Å². The third kappa shape index (κ3) is 1.85. The highest BCUT2D eigenvalue weighted by atomic mass is 15.3. The molecular formula is C13H17N5. The summed E-state index contributed by atoms with van der Waals surface area (Å²) in [6.07, 6.45) is 4.97. The number of nitrogen functional groups attached to an aromatic ring is 1. The molecule has 1 aliphatic rings. The van der Waals surface area contributed by atoms with E-state index in [0.29, 0.717) is 11.9 Å². The smallest absolute Gasteiger partial charge is 0.182 e. The van der Waals surface area contributed by atoms with Crippen LogP contribution >= 0.6 is 0 Å². The van der Waals surface area contributed by atoms with Crippen LogP contribution in [0.3, 0.4) is 0 Å². The number of nitrogens with two attached hydrogens (primary N) is 1. The molecule has 5 nitrogen and oxygen atoms in total. The zero-order chi connectivity index (χ0) is 12.5. The standard InChI is InChI=1S/C13H17N5/c1-9-16-17-13(11-7-4-8-12(14)15-11)18(9)10-5-2-3-6-10/h4,7-8,10H,2-3,5-6H2,1H3,(H2,14,15). The minimum absolute atomic E-state index is 0.512. The Labute approximate surface area is 106 Å². The molecule has 1 aliphatic carbocycles. The van der Waals surface area contributed by atoms with Crippen molar-refractivity contribution in [1.82, 2.24) is 19.7 Å². The highest BCUT2D eigenvalue weighted by molar-refractivity contribution is 5.52. The second kappa shape index (κ2) is 4.40. The third-order valence-corrected chi connectivity index (χ3v) is 3.56. The van der Waals surface area contributed by atoms with Gasteiger partial charge in [-0.1, -0.05) is 18.9 Å². The van der Waals surface area contributed by atoms with E-state index in [2.05, 4.69) is 19.7 Å². The maximum atomic E-state index is 5.74. The molecule has 0 bridgehead atoms. The summed E-state index contributed by atoms with van der Waals surface area (Å²) in [5.41, 5.74) is 6.55. The normalized spacial score (nSPS) is 16.3. The summed E-state index contributed by atoms with van der Waals surface area (Å²) in [4.78, 5) is 4.34. The molecule has 2 aromatic rings. The minimum atomic E-state index is 0.512. The van der Waals surface area contributed by atoms with Gasteiger partial charge in [0.2, 0.25) is 0 Å². The van der Waals surface area contributed by atoms with Crippen molar-refractivity contribution in [3.8, 4) is 11.5 Å². The Balaban J connectivity index is 2.07. The molecule has 2 N–H and O–H groups in total. The van der Waals surface area contributed by atoms with Crippen LogP contribution in [0.2, 0.25) is 0 Å². The van der Waals surface area contributed by atoms with Gasteiger partial charge in [0.1, 0.15) is 17.3 Å².